The fourth-order valence-electron chi connectivity index (χ4n) is 2.40. The number of primary amides is 1. The van der Waals surface area contributed by atoms with Crippen LogP contribution < -0.4 is 5.73 Å². The number of aromatic nitrogens is 3. The summed E-state index contributed by atoms with van der Waals surface area (Å²) in [5.41, 5.74) is 6.16. The smallest absolute Gasteiger partial charge is 0.288 e. The van der Waals surface area contributed by atoms with Gasteiger partial charge in [0.1, 0.15) is 11.9 Å². The number of nitrogens with two attached hydrogens (primary N) is 1. The number of H-pyrrole nitrogens is 1. The molecule has 8 nitrogen and oxygen atoms in total. The molecule has 3 aromatic rings. The van der Waals surface area contributed by atoms with E-state index in [-0.39, 0.29) is 22.6 Å². The second-order valence-corrected chi connectivity index (χ2v) is 4.71. The topological polar surface area (TPSA) is 128 Å². The quantitative estimate of drug-likeness (QED) is 0.563. The van der Waals surface area contributed by atoms with Crippen molar-refractivity contribution in [3.05, 3.63) is 64.5 Å². The number of amides is 1. The van der Waals surface area contributed by atoms with Crippen molar-refractivity contribution in [3.63, 3.8) is 0 Å². The number of nitrogens with one attached hydrogen (secondary N) is 1. The van der Waals surface area contributed by atoms with Crippen molar-refractivity contribution in [1.29, 1.82) is 0 Å². The summed E-state index contributed by atoms with van der Waals surface area (Å²) in [5, 5.41) is 17.9. The van der Waals surface area contributed by atoms with Crippen molar-refractivity contribution < 1.29 is 9.72 Å². The molecular formula is C15H11N5O3. The monoisotopic (exact) mass is 309 g/mol. The molecule has 0 spiro atoms. The zero-order valence-corrected chi connectivity index (χ0v) is 11.8. The molecule has 2 aromatic carbocycles. The standard InChI is InChI=1S/C15H11N5O3/c16-14(21)11-7-6-10(9-4-2-1-3-5-9)13(20(22)23)12(11)15-17-8-18-19-15/h1-8H,(H2,16,21)(H,17,18,19). The minimum absolute atomic E-state index is 0.00753. The Labute approximate surface area is 130 Å². The third-order valence-corrected chi connectivity index (χ3v) is 3.36. The average Bonchev–Trinajstić information content (AvgIpc) is 3.08. The first-order chi connectivity index (χ1) is 11.1. The summed E-state index contributed by atoms with van der Waals surface area (Å²) in [4.78, 5) is 26.7. The van der Waals surface area contributed by atoms with Crippen molar-refractivity contribution in [2.24, 2.45) is 5.73 Å². The number of rotatable bonds is 4. The van der Waals surface area contributed by atoms with Crippen LogP contribution in [0.2, 0.25) is 0 Å². The molecule has 1 heterocycles. The number of nitro benzene ring substituents is 1. The van der Waals surface area contributed by atoms with Gasteiger partial charge in [0.05, 0.1) is 16.1 Å². The molecule has 1 amide bonds. The van der Waals surface area contributed by atoms with Crippen LogP contribution in [0, 0.1) is 10.1 Å². The van der Waals surface area contributed by atoms with Gasteiger partial charge in [0.25, 0.3) is 5.69 Å². The molecule has 0 radical (unpaired) electrons. The summed E-state index contributed by atoms with van der Waals surface area (Å²) in [7, 11) is 0. The normalized spacial score (nSPS) is 10.4. The van der Waals surface area contributed by atoms with Crippen molar-refractivity contribution in [2.75, 3.05) is 0 Å². The van der Waals surface area contributed by atoms with E-state index >= 15 is 0 Å². The molecule has 3 rings (SSSR count). The third-order valence-electron chi connectivity index (χ3n) is 3.36. The van der Waals surface area contributed by atoms with E-state index in [9.17, 15) is 14.9 Å². The van der Waals surface area contributed by atoms with Crippen LogP contribution in [0.4, 0.5) is 5.69 Å². The minimum Gasteiger partial charge on any atom is -0.366 e. The molecule has 1 aromatic heterocycles. The van der Waals surface area contributed by atoms with Crippen molar-refractivity contribution in [3.8, 4) is 22.5 Å². The highest BCUT2D eigenvalue weighted by molar-refractivity contribution is 6.03. The van der Waals surface area contributed by atoms with Crippen molar-refractivity contribution in [1.82, 2.24) is 15.2 Å². The van der Waals surface area contributed by atoms with Gasteiger partial charge in [0.2, 0.25) is 5.91 Å². The summed E-state index contributed by atoms with van der Waals surface area (Å²) >= 11 is 0. The first-order valence-corrected chi connectivity index (χ1v) is 6.62. The van der Waals surface area contributed by atoms with E-state index in [1.807, 2.05) is 6.07 Å². The fraction of sp³-hybridized carbons (Fsp3) is 0. The van der Waals surface area contributed by atoms with Gasteiger partial charge in [-0.3, -0.25) is 20.0 Å². The SMILES string of the molecule is NC(=O)c1ccc(-c2ccccc2)c([N+](=O)[O-])c1-c1ncn[nH]1. The van der Waals surface area contributed by atoms with Gasteiger partial charge in [-0.05, 0) is 17.7 Å². The summed E-state index contributed by atoms with van der Waals surface area (Å²) < 4.78 is 0. The van der Waals surface area contributed by atoms with E-state index < -0.39 is 10.8 Å². The lowest BCUT2D eigenvalue weighted by molar-refractivity contribution is -0.383. The van der Waals surface area contributed by atoms with Gasteiger partial charge in [-0.25, -0.2) is 4.98 Å². The summed E-state index contributed by atoms with van der Waals surface area (Å²) in [5.74, 6) is -0.664. The molecule has 0 unspecified atom stereocenters. The predicted octanol–water partition coefficient (Wildman–Crippen LogP) is 2.15. The Morgan fingerprint density at radius 1 is 1.17 bits per heavy atom. The van der Waals surface area contributed by atoms with Crippen LogP contribution in [0.25, 0.3) is 22.5 Å². The molecule has 0 aliphatic carbocycles. The van der Waals surface area contributed by atoms with Crippen LogP contribution in [0.3, 0.4) is 0 Å². The van der Waals surface area contributed by atoms with E-state index in [1.165, 1.54) is 18.5 Å². The maximum atomic E-state index is 11.7. The first kappa shape index (κ1) is 14.4. The molecule has 0 fully saturated rings. The molecule has 0 saturated heterocycles. The van der Waals surface area contributed by atoms with E-state index in [2.05, 4.69) is 15.2 Å². The molecule has 114 valence electrons. The van der Waals surface area contributed by atoms with Crippen LogP contribution in [0.5, 0.6) is 0 Å². The number of aromatic amines is 1. The molecule has 23 heavy (non-hydrogen) atoms. The molecule has 0 aliphatic heterocycles. The number of benzene rings is 2. The second-order valence-electron chi connectivity index (χ2n) is 4.71. The Hall–Kier alpha value is -3.55. The Morgan fingerprint density at radius 3 is 2.48 bits per heavy atom. The van der Waals surface area contributed by atoms with Crippen molar-refractivity contribution in [2.45, 2.75) is 0 Å². The van der Waals surface area contributed by atoms with Crippen LogP contribution in [-0.4, -0.2) is 26.0 Å². The Morgan fingerprint density at radius 2 is 1.91 bits per heavy atom. The molecule has 0 saturated carbocycles. The van der Waals surface area contributed by atoms with Gasteiger partial charge in [0, 0.05) is 0 Å². The molecule has 0 atom stereocenters. The molecular weight excluding hydrogens is 298 g/mol. The highest BCUT2D eigenvalue weighted by atomic mass is 16.6. The third kappa shape index (κ3) is 2.53. The highest BCUT2D eigenvalue weighted by Crippen LogP contribution is 2.39. The number of hydrogen-bond acceptors (Lipinski definition) is 5. The largest absolute Gasteiger partial charge is 0.366 e. The van der Waals surface area contributed by atoms with Gasteiger partial charge < -0.3 is 5.73 Å². The Kier molecular flexibility index (Phi) is 3.55. The fourth-order valence-corrected chi connectivity index (χ4v) is 2.40. The lowest BCUT2D eigenvalue weighted by Crippen LogP contribution is -2.14. The summed E-state index contributed by atoms with van der Waals surface area (Å²) in [6, 6.07) is 11.8. The Bertz CT molecular complexity index is 876. The van der Waals surface area contributed by atoms with Crippen molar-refractivity contribution >= 4 is 11.6 Å². The van der Waals surface area contributed by atoms with Crippen LogP contribution in [-0.2, 0) is 0 Å². The molecule has 8 heteroatoms. The lowest BCUT2D eigenvalue weighted by Gasteiger charge is -2.10. The van der Waals surface area contributed by atoms with Gasteiger partial charge in [-0.2, -0.15) is 5.10 Å². The van der Waals surface area contributed by atoms with Crippen LogP contribution >= 0.6 is 0 Å². The van der Waals surface area contributed by atoms with E-state index in [1.54, 1.807) is 24.3 Å². The van der Waals surface area contributed by atoms with E-state index in [4.69, 9.17) is 5.73 Å². The lowest BCUT2D eigenvalue weighted by atomic mass is 9.95. The van der Waals surface area contributed by atoms with Crippen LogP contribution in [0.15, 0.2) is 48.8 Å². The van der Waals surface area contributed by atoms with Gasteiger partial charge >= 0.3 is 0 Å². The maximum absolute atomic E-state index is 11.7. The number of carbonyl (C=O) groups excluding carboxylic acids is 1. The molecule has 3 N–H and O–H groups in total. The minimum atomic E-state index is -0.779. The first-order valence-electron chi connectivity index (χ1n) is 6.62. The Balaban J connectivity index is 2.39. The van der Waals surface area contributed by atoms with Gasteiger partial charge in [-0.1, -0.05) is 30.3 Å². The van der Waals surface area contributed by atoms with Crippen LogP contribution in [0.1, 0.15) is 10.4 Å². The number of hydrogen-bond donors (Lipinski definition) is 2. The number of nitrogens with zero attached hydrogens (tertiary/aromatic N) is 3. The zero-order valence-electron chi connectivity index (χ0n) is 11.8. The maximum Gasteiger partial charge on any atom is 0.288 e. The zero-order chi connectivity index (χ0) is 16.4. The highest BCUT2D eigenvalue weighted by Gasteiger charge is 2.28. The number of nitro groups is 1. The van der Waals surface area contributed by atoms with E-state index in [0.717, 1.165) is 0 Å². The molecule has 0 aliphatic rings. The predicted molar refractivity (Wildman–Crippen MR) is 82.4 cm³/mol. The number of carbonyl (C=O) groups is 1. The summed E-state index contributed by atoms with van der Waals surface area (Å²) in [6.45, 7) is 0. The summed E-state index contributed by atoms with van der Waals surface area (Å²) in [6.07, 6.45) is 1.21. The van der Waals surface area contributed by atoms with E-state index in [0.29, 0.717) is 11.1 Å². The average molecular weight is 309 g/mol. The molecule has 0 bridgehead atoms. The van der Waals surface area contributed by atoms with Gasteiger partial charge in [0.15, 0.2) is 5.82 Å². The van der Waals surface area contributed by atoms with Gasteiger partial charge in [-0.15, -0.1) is 0 Å². The second kappa shape index (κ2) is 5.68.